The lowest BCUT2D eigenvalue weighted by atomic mass is 10.4. The number of aromatic amines is 1. The summed E-state index contributed by atoms with van der Waals surface area (Å²) in [7, 11) is 6.00. The first-order valence-electron chi connectivity index (χ1n) is 5.54. The molecule has 2 N–H and O–H groups in total. The van der Waals surface area contributed by atoms with Gasteiger partial charge in [0.15, 0.2) is 0 Å². The maximum absolute atomic E-state index is 4.36. The first kappa shape index (κ1) is 11.7. The molecule has 2 aromatic rings. The van der Waals surface area contributed by atoms with Crippen LogP contribution in [-0.4, -0.2) is 33.6 Å². The monoisotopic (exact) mass is 234 g/mol. The SMILES string of the molecule is CN(C)c1ncc(CNCc2cnc[nH]2)n1C. The second-order valence-electron chi connectivity index (χ2n) is 4.18. The van der Waals surface area contributed by atoms with Gasteiger partial charge in [-0.25, -0.2) is 9.97 Å². The quantitative estimate of drug-likeness (QED) is 0.791. The van der Waals surface area contributed by atoms with Crippen LogP contribution in [0.15, 0.2) is 18.7 Å². The fourth-order valence-corrected chi connectivity index (χ4v) is 1.72. The number of H-pyrrole nitrogens is 1. The van der Waals surface area contributed by atoms with Crippen LogP contribution in [0, 0.1) is 0 Å². The summed E-state index contributed by atoms with van der Waals surface area (Å²) in [5.74, 6) is 0.961. The average Bonchev–Trinajstić information content (AvgIpc) is 2.89. The summed E-state index contributed by atoms with van der Waals surface area (Å²) in [6.45, 7) is 1.57. The number of imidazole rings is 2. The van der Waals surface area contributed by atoms with Crippen LogP contribution in [0.25, 0.3) is 0 Å². The van der Waals surface area contributed by atoms with E-state index in [2.05, 4.69) is 24.8 Å². The molecule has 0 bridgehead atoms. The number of aromatic nitrogens is 4. The number of nitrogens with one attached hydrogen (secondary N) is 2. The molecule has 0 aromatic carbocycles. The van der Waals surface area contributed by atoms with Crippen molar-refractivity contribution in [2.75, 3.05) is 19.0 Å². The Morgan fingerprint density at radius 2 is 2.18 bits per heavy atom. The number of hydrogen-bond donors (Lipinski definition) is 2. The summed E-state index contributed by atoms with van der Waals surface area (Å²) >= 11 is 0. The van der Waals surface area contributed by atoms with E-state index in [-0.39, 0.29) is 0 Å². The van der Waals surface area contributed by atoms with Crippen molar-refractivity contribution >= 4 is 5.95 Å². The zero-order chi connectivity index (χ0) is 12.3. The minimum atomic E-state index is 0.780. The molecule has 0 aliphatic heterocycles. The number of nitrogens with zero attached hydrogens (tertiary/aromatic N) is 4. The largest absolute Gasteiger partial charge is 0.348 e. The van der Waals surface area contributed by atoms with E-state index >= 15 is 0 Å². The van der Waals surface area contributed by atoms with E-state index in [0.717, 1.165) is 30.4 Å². The van der Waals surface area contributed by atoms with Crippen molar-refractivity contribution in [2.45, 2.75) is 13.1 Å². The Bertz CT molecular complexity index is 456. The predicted molar refractivity (Wildman–Crippen MR) is 66.7 cm³/mol. The lowest BCUT2D eigenvalue weighted by Gasteiger charge is -2.12. The fourth-order valence-electron chi connectivity index (χ4n) is 1.72. The van der Waals surface area contributed by atoms with Gasteiger partial charge in [-0.05, 0) is 0 Å². The van der Waals surface area contributed by atoms with Gasteiger partial charge in [-0.2, -0.15) is 0 Å². The number of anilines is 1. The van der Waals surface area contributed by atoms with Crippen molar-refractivity contribution < 1.29 is 0 Å². The molecule has 0 saturated heterocycles. The summed E-state index contributed by atoms with van der Waals surface area (Å²) in [4.78, 5) is 13.4. The predicted octanol–water partition coefficient (Wildman–Crippen LogP) is 0.499. The van der Waals surface area contributed by atoms with E-state index in [1.807, 2.05) is 38.4 Å². The Balaban J connectivity index is 1.91. The first-order chi connectivity index (χ1) is 8.18. The highest BCUT2D eigenvalue weighted by Crippen LogP contribution is 2.10. The van der Waals surface area contributed by atoms with Gasteiger partial charge in [-0.3, -0.25) is 0 Å². The minimum absolute atomic E-state index is 0.780. The van der Waals surface area contributed by atoms with Crippen LogP contribution in [-0.2, 0) is 20.1 Å². The van der Waals surface area contributed by atoms with Crippen LogP contribution in [0.2, 0.25) is 0 Å². The topological polar surface area (TPSA) is 61.8 Å². The third kappa shape index (κ3) is 2.65. The van der Waals surface area contributed by atoms with Gasteiger partial charge in [0.1, 0.15) is 0 Å². The van der Waals surface area contributed by atoms with E-state index in [0.29, 0.717) is 0 Å². The van der Waals surface area contributed by atoms with Crippen molar-refractivity contribution in [3.63, 3.8) is 0 Å². The van der Waals surface area contributed by atoms with Crippen LogP contribution < -0.4 is 10.2 Å². The molecule has 17 heavy (non-hydrogen) atoms. The van der Waals surface area contributed by atoms with E-state index in [4.69, 9.17) is 0 Å². The van der Waals surface area contributed by atoms with Gasteiger partial charge < -0.3 is 19.8 Å². The molecule has 0 amide bonds. The van der Waals surface area contributed by atoms with Gasteiger partial charge in [0.25, 0.3) is 0 Å². The van der Waals surface area contributed by atoms with Gasteiger partial charge in [0, 0.05) is 46.1 Å². The van der Waals surface area contributed by atoms with Crippen LogP contribution in [0.1, 0.15) is 11.4 Å². The van der Waals surface area contributed by atoms with Crippen LogP contribution >= 0.6 is 0 Å². The molecule has 2 heterocycles. The summed E-state index contributed by atoms with van der Waals surface area (Å²) in [5.41, 5.74) is 2.24. The van der Waals surface area contributed by atoms with Gasteiger partial charge in [-0.1, -0.05) is 0 Å². The molecular formula is C11H18N6. The number of rotatable bonds is 5. The van der Waals surface area contributed by atoms with Crippen LogP contribution in [0.5, 0.6) is 0 Å². The Hall–Kier alpha value is -1.82. The third-order valence-corrected chi connectivity index (χ3v) is 2.64. The maximum Gasteiger partial charge on any atom is 0.204 e. The highest BCUT2D eigenvalue weighted by Gasteiger charge is 2.07. The summed E-state index contributed by atoms with van der Waals surface area (Å²) in [6, 6.07) is 0. The molecule has 2 rings (SSSR count). The molecule has 0 aliphatic rings. The van der Waals surface area contributed by atoms with Crippen molar-refractivity contribution in [3.8, 4) is 0 Å². The fraction of sp³-hybridized carbons (Fsp3) is 0.455. The number of hydrogen-bond acceptors (Lipinski definition) is 4. The molecule has 0 saturated carbocycles. The molecule has 0 fully saturated rings. The summed E-state index contributed by atoms with van der Waals surface area (Å²) < 4.78 is 2.08. The minimum Gasteiger partial charge on any atom is -0.348 e. The standard InChI is InChI=1S/C11H18N6/c1-16(2)11-14-7-10(17(11)3)6-12-4-9-5-13-8-15-9/h5,7-8,12H,4,6H2,1-3H3,(H,13,15). The van der Waals surface area contributed by atoms with Gasteiger partial charge in [0.2, 0.25) is 5.95 Å². The molecule has 0 aliphatic carbocycles. The highest BCUT2D eigenvalue weighted by atomic mass is 15.3. The van der Waals surface area contributed by atoms with E-state index in [1.54, 1.807) is 6.33 Å². The second kappa shape index (κ2) is 5.01. The van der Waals surface area contributed by atoms with E-state index in [9.17, 15) is 0 Å². The molecule has 6 heteroatoms. The molecule has 92 valence electrons. The average molecular weight is 234 g/mol. The van der Waals surface area contributed by atoms with Gasteiger partial charge in [-0.15, -0.1) is 0 Å². The molecule has 6 nitrogen and oxygen atoms in total. The molecule has 0 spiro atoms. The van der Waals surface area contributed by atoms with Gasteiger partial charge >= 0.3 is 0 Å². The third-order valence-electron chi connectivity index (χ3n) is 2.64. The Morgan fingerprint density at radius 3 is 2.76 bits per heavy atom. The summed E-state index contributed by atoms with van der Waals surface area (Å²) in [6.07, 6.45) is 5.40. The normalized spacial score (nSPS) is 10.8. The molecule has 0 radical (unpaired) electrons. The lowest BCUT2D eigenvalue weighted by molar-refractivity contribution is 0.646. The summed E-state index contributed by atoms with van der Waals surface area (Å²) in [5, 5.41) is 3.35. The lowest BCUT2D eigenvalue weighted by Crippen LogP contribution is -2.18. The Labute approximate surface area is 101 Å². The van der Waals surface area contributed by atoms with E-state index < -0.39 is 0 Å². The zero-order valence-corrected chi connectivity index (χ0v) is 10.4. The van der Waals surface area contributed by atoms with Crippen LogP contribution in [0.3, 0.4) is 0 Å². The van der Waals surface area contributed by atoms with Crippen molar-refractivity contribution in [1.29, 1.82) is 0 Å². The Kier molecular flexibility index (Phi) is 3.43. The van der Waals surface area contributed by atoms with Crippen molar-refractivity contribution in [2.24, 2.45) is 7.05 Å². The van der Waals surface area contributed by atoms with Crippen molar-refractivity contribution in [3.05, 3.63) is 30.1 Å². The second-order valence-corrected chi connectivity index (χ2v) is 4.18. The zero-order valence-electron chi connectivity index (χ0n) is 10.4. The van der Waals surface area contributed by atoms with Crippen molar-refractivity contribution in [1.82, 2.24) is 24.8 Å². The first-order valence-corrected chi connectivity index (χ1v) is 5.54. The van der Waals surface area contributed by atoms with E-state index in [1.165, 1.54) is 0 Å². The highest BCUT2D eigenvalue weighted by molar-refractivity contribution is 5.30. The maximum atomic E-state index is 4.36. The van der Waals surface area contributed by atoms with Gasteiger partial charge in [0.05, 0.1) is 18.2 Å². The molecule has 0 unspecified atom stereocenters. The Morgan fingerprint density at radius 1 is 1.35 bits per heavy atom. The molecular weight excluding hydrogens is 216 g/mol. The smallest absolute Gasteiger partial charge is 0.204 e. The van der Waals surface area contributed by atoms with Crippen LogP contribution in [0.4, 0.5) is 5.95 Å². The molecule has 0 atom stereocenters. The molecule has 2 aromatic heterocycles.